The molecule has 0 saturated carbocycles. The second kappa shape index (κ2) is 15.9. The maximum absolute atomic E-state index is 4.44. The number of unbranched alkanes of at least 4 members (excludes halogenated alkanes) is 4. The van der Waals surface area contributed by atoms with Crippen molar-refractivity contribution in [3.05, 3.63) is 35.9 Å². The summed E-state index contributed by atoms with van der Waals surface area (Å²) >= 11 is 0. The van der Waals surface area contributed by atoms with Crippen molar-refractivity contribution in [2.24, 2.45) is 4.99 Å². The highest BCUT2D eigenvalue weighted by Crippen LogP contribution is 2.19. The molecule has 1 aromatic carbocycles. The lowest BCUT2D eigenvalue weighted by Gasteiger charge is -2.38. The highest BCUT2D eigenvalue weighted by atomic mass is 127. The van der Waals surface area contributed by atoms with Gasteiger partial charge in [0.1, 0.15) is 0 Å². The van der Waals surface area contributed by atoms with Gasteiger partial charge in [-0.15, -0.1) is 24.0 Å². The van der Waals surface area contributed by atoms with Crippen molar-refractivity contribution in [3.63, 3.8) is 0 Å². The topological polar surface area (TPSA) is 42.9 Å². The number of benzene rings is 1. The van der Waals surface area contributed by atoms with Crippen LogP contribution < -0.4 is 10.6 Å². The average Bonchev–Trinajstić information content (AvgIpc) is 2.71. The summed E-state index contributed by atoms with van der Waals surface area (Å²) in [6, 6.07) is 11.9. The van der Waals surface area contributed by atoms with E-state index in [0.29, 0.717) is 12.1 Å². The van der Waals surface area contributed by atoms with Gasteiger partial charge in [0.2, 0.25) is 0 Å². The Balaban J connectivity index is 0.00000450. The molecule has 1 aliphatic rings. The average molecular weight is 530 g/mol. The Labute approximate surface area is 202 Å². The van der Waals surface area contributed by atoms with Gasteiger partial charge >= 0.3 is 0 Å². The maximum atomic E-state index is 4.44. The Morgan fingerprint density at radius 3 is 2.47 bits per heavy atom. The van der Waals surface area contributed by atoms with Crippen LogP contribution in [0.5, 0.6) is 0 Å². The van der Waals surface area contributed by atoms with Crippen LogP contribution in [-0.2, 0) is 6.54 Å². The van der Waals surface area contributed by atoms with Crippen LogP contribution in [0.1, 0.15) is 57.4 Å². The van der Waals surface area contributed by atoms with Crippen LogP contribution in [0.4, 0.5) is 0 Å². The summed E-state index contributed by atoms with van der Waals surface area (Å²) < 4.78 is 0. The molecular formula is C24H44IN5. The Morgan fingerprint density at radius 1 is 1.10 bits per heavy atom. The second-order valence-electron chi connectivity index (χ2n) is 8.74. The zero-order valence-electron chi connectivity index (χ0n) is 19.6. The van der Waals surface area contributed by atoms with Crippen molar-refractivity contribution < 1.29 is 0 Å². The van der Waals surface area contributed by atoms with Gasteiger partial charge in [0.15, 0.2) is 5.96 Å². The summed E-state index contributed by atoms with van der Waals surface area (Å²) in [5, 5.41) is 7.16. The van der Waals surface area contributed by atoms with Gasteiger partial charge in [-0.05, 0) is 58.8 Å². The minimum absolute atomic E-state index is 0. The van der Waals surface area contributed by atoms with Gasteiger partial charge in [0.05, 0.1) is 0 Å². The standard InChI is InChI=1S/C24H43N5.HI/c1-21-19-23(15-18-29(21)20-22-13-9-8-10-14-22)27-24(25-2)26-16-11-6-5-7-12-17-28(3)4;/h8-10,13-14,21,23H,5-7,11-12,15-20H2,1-4H3,(H2,25,26,27);1H. The van der Waals surface area contributed by atoms with Crippen molar-refractivity contribution in [1.82, 2.24) is 20.4 Å². The van der Waals surface area contributed by atoms with Crippen LogP contribution in [0.15, 0.2) is 35.3 Å². The molecule has 1 heterocycles. The molecule has 6 heteroatoms. The van der Waals surface area contributed by atoms with E-state index in [0.717, 1.165) is 25.6 Å². The van der Waals surface area contributed by atoms with Crippen LogP contribution in [0.3, 0.4) is 0 Å². The molecule has 172 valence electrons. The molecule has 2 rings (SSSR count). The summed E-state index contributed by atoms with van der Waals surface area (Å²) in [4.78, 5) is 9.30. The number of nitrogens with zero attached hydrogens (tertiary/aromatic N) is 3. The SMILES string of the molecule is CN=C(NCCCCCCCN(C)C)NC1CCN(Cc2ccccc2)C(C)C1.I. The molecule has 2 atom stereocenters. The predicted octanol–water partition coefficient (Wildman–Crippen LogP) is 4.33. The van der Waals surface area contributed by atoms with Gasteiger partial charge in [-0.3, -0.25) is 9.89 Å². The molecule has 0 aromatic heterocycles. The van der Waals surface area contributed by atoms with E-state index in [-0.39, 0.29) is 24.0 Å². The number of hydrogen-bond donors (Lipinski definition) is 2. The third-order valence-corrected chi connectivity index (χ3v) is 5.88. The first kappa shape index (κ1) is 27.2. The quantitative estimate of drug-likeness (QED) is 0.194. The van der Waals surface area contributed by atoms with Crippen molar-refractivity contribution in [1.29, 1.82) is 0 Å². The van der Waals surface area contributed by atoms with Gasteiger partial charge in [-0.25, -0.2) is 0 Å². The first-order valence-corrected chi connectivity index (χ1v) is 11.5. The van der Waals surface area contributed by atoms with Crippen molar-refractivity contribution in [2.45, 2.75) is 70.5 Å². The first-order valence-electron chi connectivity index (χ1n) is 11.5. The van der Waals surface area contributed by atoms with Gasteiger partial charge < -0.3 is 15.5 Å². The summed E-state index contributed by atoms with van der Waals surface area (Å²) in [5.41, 5.74) is 1.41. The molecule has 1 aliphatic heterocycles. The largest absolute Gasteiger partial charge is 0.356 e. The molecular weight excluding hydrogens is 485 g/mol. The summed E-state index contributed by atoms with van der Waals surface area (Å²) in [7, 11) is 6.18. The number of nitrogens with one attached hydrogen (secondary N) is 2. The Kier molecular flexibility index (Phi) is 14.4. The molecule has 0 spiro atoms. The molecule has 5 nitrogen and oxygen atoms in total. The van der Waals surface area contributed by atoms with Crippen molar-refractivity contribution in [3.8, 4) is 0 Å². The molecule has 1 fully saturated rings. The Morgan fingerprint density at radius 2 is 1.80 bits per heavy atom. The first-order chi connectivity index (χ1) is 14.1. The number of rotatable bonds is 11. The van der Waals surface area contributed by atoms with E-state index in [1.54, 1.807) is 0 Å². The van der Waals surface area contributed by atoms with Crippen LogP contribution in [0.2, 0.25) is 0 Å². The molecule has 30 heavy (non-hydrogen) atoms. The minimum atomic E-state index is 0. The fourth-order valence-corrected chi connectivity index (χ4v) is 4.08. The zero-order chi connectivity index (χ0) is 20.9. The summed E-state index contributed by atoms with van der Waals surface area (Å²) in [6.07, 6.45) is 8.83. The normalized spacial score (nSPS) is 20.1. The van der Waals surface area contributed by atoms with Gasteiger partial charge in [-0.1, -0.05) is 49.6 Å². The molecule has 1 aromatic rings. The zero-order valence-corrected chi connectivity index (χ0v) is 21.9. The molecule has 2 unspecified atom stereocenters. The Bertz CT molecular complexity index is 578. The molecule has 0 aliphatic carbocycles. The second-order valence-corrected chi connectivity index (χ2v) is 8.74. The molecule has 0 radical (unpaired) electrons. The van der Waals surface area contributed by atoms with E-state index in [1.807, 2.05) is 7.05 Å². The monoisotopic (exact) mass is 529 g/mol. The fraction of sp³-hybridized carbons (Fsp3) is 0.708. The summed E-state index contributed by atoms with van der Waals surface area (Å²) in [6.45, 7) is 6.75. The van der Waals surface area contributed by atoms with Gasteiger partial charge in [0, 0.05) is 38.8 Å². The number of piperidine rings is 1. The van der Waals surface area contributed by atoms with Crippen LogP contribution in [0.25, 0.3) is 0 Å². The van der Waals surface area contributed by atoms with E-state index in [9.17, 15) is 0 Å². The molecule has 2 N–H and O–H groups in total. The van der Waals surface area contributed by atoms with Crippen LogP contribution >= 0.6 is 24.0 Å². The van der Waals surface area contributed by atoms with E-state index < -0.39 is 0 Å². The summed E-state index contributed by atoms with van der Waals surface area (Å²) in [5.74, 6) is 0.964. The third kappa shape index (κ3) is 11.0. The maximum Gasteiger partial charge on any atom is 0.191 e. The third-order valence-electron chi connectivity index (χ3n) is 5.88. The van der Waals surface area contributed by atoms with Crippen molar-refractivity contribution >= 4 is 29.9 Å². The molecule has 1 saturated heterocycles. The fourth-order valence-electron chi connectivity index (χ4n) is 4.08. The lowest BCUT2D eigenvalue weighted by Crippen LogP contribution is -2.51. The highest BCUT2D eigenvalue weighted by molar-refractivity contribution is 14.0. The number of likely N-dealkylation sites (tertiary alicyclic amines) is 1. The minimum Gasteiger partial charge on any atom is -0.356 e. The predicted molar refractivity (Wildman–Crippen MR) is 141 cm³/mol. The highest BCUT2D eigenvalue weighted by Gasteiger charge is 2.25. The van der Waals surface area contributed by atoms with Crippen molar-refractivity contribution in [2.75, 3.05) is 40.8 Å². The number of hydrogen-bond acceptors (Lipinski definition) is 3. The lowest BCUT2D eigenvalue weighted by atomic mass is 9.97. The van der Waals surface area contributed by atoms with E-state index in [4.69, 9.17) is 0 Å². The van der Waals surface area contributed by atoms with Gasteiger partial charge in [-0.2, -0.15) is 0 Å². The molecule has 0 amide bonds. The molecule has 0 bridgehead atoms. The number of halogens is 1. The van der Waals surface area contributed by atoms with E-state index >= 15 is 0 Å². The van der Waals surface area contributed by atoms with E-state index in [1.165, 1.54) is 57.1 Å². The Hall–Kier alpha value is -0.860. The van der Waals surface area contributed by atoms with Crippen LogP contribution in [0, 0.1) is 0 Å². The van der Waals surface area contributed by atoms with Gasteiger partial charge in [0.25, 0.3) is 0 Å². The number of aliphatic imine (C=N–C) groups is 1. The van der Waals surface area contributed by atoms with E-state index in [2.05, 4.69) is 76.8 Å². The van der Waals surface area contributed by atoms with Crippen LogP contribution in [-0.4, -0.2) is 68.6 Å². The smallest absolute Gasteiger partial charge is 0.191 e. The lowest BCUT2D eigenvalue weighted by molar-refractivity contribution is 0.134. The number of guanidine groups is 1.